The number of rotatable bonds is 6. The van der Waals surface area contributed by atoms with Crippen LogP contribution in [0.1, 0.15) is 20.8 Å². The lowest BCUT2D eigenvalue weighted by Gasteiger charge is -2.20. The van der Waals surface area contributed by atoms with Crippen molar-refractivity contribution in [1.82, 2.24) is 5.32 Å². The summed E-state index contributed by atoms with van der Waals surface area (Å²) in [6.45, 7) is 5.16. The van der Waals surface area contributed by atoms with Crippen LogP contribution in [0, 0.1) is 5.92 Å². The van der Waals surface area contributed by atoms with Gasteiger partial charge in [0.15, 0.2) is 0 Å². The first-order valence-corrected chi connectivity index (χ1v) is 8.10. The maximum absolute atomic E-state index is 12.3. The molecule has 6 nitrogen and oxygen atoms in total. The second-order valence-electron chi connectivity index (χ2n) is 5.99. The van der Waals surface area contributed by atoms with Crippen LogP contribution in [0.3, 0.4) is 0 Å². The third kappa shape index (κ3) is 5.84. The molecule has 1 unspecified atom stereocenters. The van der Waals surface area contributed by atoms with E-state index in [9.17, 15) is 9.59 Å². The summed E-state index contributed by atoms with van der Waals surface area (Å²) < 4.78 is 0. The number of amides is 2. The monoisotopic (exact) mass is 338 g/mol. The Hall–Kier alpha value is -3.02. The van der Waals surface area contributed by atoms with Crippen molar-refractivity contribution in [2.45, 2.75) is 26.8 Å². The van der Waals surface area contributed by atoms with Gasteiger partial charge in [-0.05, 0) is 42.3 Å². The fourth-order valence-corrected chi connectivity index (χ4v) is 2.20. The number of anilines is 1. The average molecular weight is 338 g/mol. The molecule has 0 heterocycles. The number of nitrogens with one attached hydrogen (secondary N) is 2. The molecule has 2 rings (SSSR count). The largest absolute Gasteiger partial charge is 0.344 e. The summed E-state index contributed by atoms with van der Waals surface area (Å²) in [6, 6.07) is 15.9. The number of hydrogen-bond acceptors (Lipinski definition) is 4. The highest BCUT2D eigenvalue weighted by molar-refractivity contribution is 5.97. The van der Waals surface area contributed by atoms with E-state index in [1.54, 1.807) is 24.3 Å². The van der Waals surface area contributed by atoms with Crippen LogP contribution in [0.15, 0.2) is 64.8 Å². The van der Waals surface area contributed by atoms with Crippen LogP contribution < -0.4 is 10.6 Å². The van der Waals surface area contributed by atoms with Crippen LogP contribution in [0.5, 0.6) is 0 Å². The van der Waals surface area contributed by atoms with Crippen molar-refractivity contribution in [3.8, 4) is 0 Å². The van der Waals surface area contributed by atoms with Gasteiger partial charge in [0.25, 0.3) is 0 Å². The summed E-state index contributed by atoms with van der Waals surface area (Å²) >= 11 is 0. The van der Waals surface area contributed by atoms with Crippen LogP contribution in [-0.2, 0) is 9.59 Å². The SMILES string of the molecule is CC(=O)NC(C(=O)Nc1ccc(N=Nc2ccccc2)cc1)C(C)C. The molecule has 2 N–H and O–H groups in total. The zero-order chi connectivity index (χ0) is 18.2. The fraction of sp³-hybridized carbons (Fsp3) is 0.263. The summed E-state index contributed by atoms with van der Waals surface area (Å²) in [4.78, 5) is 23.6. The average Bonchev–Trinajstić information content (AvgIpc) is 2.59. The maximum Gasteiger partial charge on any atom is 0.247 e. The van der Waals surface area contributed by atoms with E-state index in [0.717, 1.165) is 5.69 Å². The van der Waals surface area contributed by atoms with E-state index < -0.39 is 6.04 Å². The Morgan fingerprint density at radius 3 is 1.96 bits per heavy atom. The molecule has 0 radical (unpaired) electrons. The van der Waals surface area contributed by atoms with Crippen LogP contribution >= 0.6 is 0 Å². The normalized spacial score (nSPS) is 12.2. The zero-order valence-electron chi connectivity index (χ0n) is 14.6. The first-order chi connectivity index (χ1) is 12.0. The van der Waals surface area contributed by atoms with E-state index in [4.69, 9.17) is 0 Å². The number of carbonyl (C=O) groups excluding carboxylic acids is 2. The van der Waals surface area contributed by atoms with Crippen molar-refractivity contribution >= 4 is 28.9 Å². The Balaban J connectivity index is 2.00. The number of nitrogens with zero attached hydrogens (tertiary/aromatic N) is 2. The summed E-state index contributed by atoms with van der Waals surface area (Å²) in [6.07, 6.45) is 0. The van der Waals surface area contributed by atoms with Gasteiger partial charge in [0.1, 0.15) is 6.04 Å². The molecule has 0 fully saturated rings. The van der Waals surface area contributed by atoms with E-state index in [1.165, 1.54) is 6.92 Å². The lowest BCUT2D eigenvalue weighted by atomic mass is 10.0. The molecule has 0 saturated heterocycles. The number of carbonyl (C=O) groups is 2. The zero-order valence-corrected chi connectivity index (χ0v) is 14.6. The minimum absolute atomic E-state index is 0.0113. The molecule has 0 aliphatic carbocycles. The van der Waals surface area contributed by atoms with Gasteiger partial charge < -0.3 is 10.6 Å². The quantitative estimate of drug-likeness (QED) is 0.774. The maximum atomic E-state index is 12.3. The first-order valence-electron chi connectivity index (χ1n) is 8.10. The molecule has 2 aromatic rings. The van der Waals surface area contributed by atoms with Crippen molar-refractivity contribution in [2.24, 2.45) is 16.1 Å². The van der Waals surface area contributed by atoms with Gasteiger partial charge in [0.2, 0.25) is 11.8 Å². The van der Waals surface area contributed by atoms with Gasteiger partial charge in [0, 0.05) is 12.6 Å². The number of benzene rings is 2. The molecule has 6 heteroatoms. The summed E-state index contributed by atoms with van der Waals surface area (Å²) in [5.41, 5.74) is 2.10. The van der Waals surface area contributed by atoms with Gasteiger partial charge in [-0.1, -0.05) is 32.0 Å². The molecule has 0 aromatic heterocycles. The highest BCUT2D eigenvalue weighted by atomic mass is 16.2. The highest BCUT2D eigenvalue weighted by Gasteiger charge is 2.22. The number of hydrogen-bond donors (Lipinski definition) is 2. The predicted octanol–water partition coefficient (Wildman–Crippen LogP) is 4.20. The summed E-state index contributed by atoms with van der Waals surface area (Å²) in [7, 11) is 0. The Morgan fingerprint density at radius 1 is 0.880 bits per heavy atom. The Labute approximate surface area is 147 Å². The molecular weight excluding hydrogens is 316 g/mol. The molecule has 0 saturated carbocycles. The number of azo groups is 1. The molecular formula is C19H22N4O2. The van der Waals surface area contributed by atoms with Crippen LogP contribution in [-0.4, -0.2) is 17.9 Å². The van der Waals surface area contributed by atoms with Crippen molar-refractivity contribution in [1.29, 1.82) is 0 Å². The molecule has 25 heavy (non-hydrogen) atoms. The second kappa shape index (κ2) is 8.73. The van der Waals surface area contributed by atoms with Crippen LogP contribution in [0.4, 0.5) is 17.1 Å². The lowest BCUT2D eigenvalue weighted by Crippen LogP contribution is -2.46. The topological polar surface area (TPSA) is 82.9 Å². The van der Waals surface area contributed by atoms with Crippen LogP contribution in [0.25, 0.3) is 0 Å². The smallest absolute Gasteiger partial charge is 0.247 e. The standard InChI is InChI=1S/C19H22N4O2/c1-13(2)18(20-14(3)24)19(25)21-15-9-11-17(12-10-15)23-22-16-7-5-4-6-8-16/h4-13,18H,1-3H3,(H,20,24)(H,21,25). The van der Waals surface area contributed by atoms with E-state index in [2.05, 4.69) is 20.9 Å². The molecule has 130 valence electrons. The molecule has 2 amide bonds. The minimum atomic E-state index is -0.574. The highest BCUT2D eigenvalue weighted by Crippen LogP contribution is 2.20. The van der Waals surface area contributed by atoms with Crippen molar-refractivity contribution in [3.05, 3.63) is 54.6 Å². The van der Waals surface area contributed by atoms with Crippen molar-refractivity contribution in [2.75, 3.05) is 5.32 Å². The van der Waals surface area contributed by atoms with Gasteiger partial charge >= 0.3 is 0 Å². The molecule has 0 aliphatic rings. The van der Waals surface area contributed by atoms with Crippen molar-refractivity contribution < 1.29 is 9.59 Å². The molecule has 2 aromatic carbocycles. The van der Waals surface area contributed by atoms with E-state index in [1.807, 2.05) is 44.2 Å². The summed E-state index contributed by atoms with van der Waals surface area (Å²) in [5.74, 6) is -0.489. The minimum Gasteiger partial charge on any atom is -0.344 e. The van der Waals surface area contributed by atoms with E-state index in [0.29, 0.717) is 11.4 Å². The molecule has 0 aliphatic heterocycles. The van der Waals surface area contributed by atoms with Crippen molar-refractivity contribution in [3.63, 3.8) is 0 Å². The predicted molar refractivity (Wildman–Crippen MR) is 98.1 cm³/mol. The molecule has 0 bridgehead atoms. The third-order valence-corrected chi connectivity index (χ3v) is 3.48. The fourth-order valence-electron chi connectivity index (χ4n) is 2.20. The summed E-state index contributed by atoms with van der Waals surface area (Å²) in [5, 5.41) is 13.8. The van der Waals surface area contributed by atoms with E-state index in [-0.39, 0.29) is 17.7 Å². The van der Waals surface area contributed by atoms with Gasteiger partial charge in [0.05, 0.1) is 11.4 Å². The first kappa shape index (κ1) is 18.3. The Kier molecular flexibility index (Phi) is 6.39. The lowest BCUT2D eigenvalue weighted by molar-refractivity contribution is -0.126. The molecule has 1 atom stereocenters. The van der Waals surface area contributed by atoms with Gasteiger partial charge in [-0.2, -0.15) is 10.2 Å². The Bertz CT molecular complexity index is 740. The Morgan fingerprint density at radius 2 is 1.44 bits per heavy atom. The van der Waals surface area contributed by atoms with Gasteiger partial charge in [-0.25, -0.2) is 0 Å². The van der Waals surface area contributed by atoms with E-state index >= 15 is 0 Å². The van der Waals surface area contributed by atoms with Gasteiger partial charge in [-0.15, -0.1) is 0 Å². The second-order valence-corrected chi connectivity index (χ2v) is 5.99. The van der Waals surface area contributed by atoms with Crippen LogP contribution in [0.2, 0.25) is 0 Å². The van der Waals surface area contributed by atoms with Gasteiger partial charge in [-0.3, -0.25) is 9.59 Å². The molecule has 0 spiro atoms. The third-order valence-electron chi connectivity index (χ3n) is 3.48.